The molecule has 0 saturated carbocycles. The highest BCUT2D eigenvalue weighted by molar-refractivity contribution is 6.03. The zero-order chi connectivity index (χ0) is 24.8. The van der Waals surface area contributed by atoms with E-state index in [2.05, 4.69) is 0 Å². The number of phenols is 4. The van der Waals surface area contributed by atoms with Crippen molar-refractivity contribution in [3.8, 4) is 35.1 Å². The topological polar surface area (TPSA) is 169 Å². The van der Waals surface area contributed by atoms with Crippen LogP contribution in [0.4, 0.5) is 0 Å². The Morgan fingerprint density at radius 1 is 0.676 bits per heavy atom. The fourth-order valence-corrected chi connectivity index (χ4v) is 3.33. The molecule has 2 aromatic rings. The van der Waals surface area contributed by atoms with E-state index in [1.165, 1.54) is 58.4 Å². The standard InChI is InChI=1S/C24H20N4O6/c25-13-17(9-15-1-3-19(29)21(31)11-15)23(33)27-5-7-28(8-6-27)24(34)18(14-26)10-16-2-4-20(30)22(32)12-16/h1-4,9-12,29-32H,5-8H2. The Hall–Kier alpha value is -4.96. The highest BCUT2D eigenvalue weighted by Gasteiger charge is 2.27. The third-order valence-corrected chi connectivity index (χ3v) is 5.18. The van der Waals surface area contributed by atoms with Gasteiger partial charge in [0.1, 0.15) is 23.3 Å². The quantitative estimate of drug-likeness (QED) is 0.303. The smallest absolute Gasteiger partial charge is 0.264 e. The number of carbonyl (C=O) groups excluding carboxylic acids is 2. The maximum absolute atomic E-state index is 12.8. The molecule has 0 atom stereocenters. The van der Waals surface area contributed by atoms with Gasteiger partial charge in [-0.1, -0.05) is 12.1 Å². The summed E-state index contributed by atoms with van der Waals surface area (Å²) in [6, 6.07) is 11.5. The lowest BCUT2D eigenvalue weighted by molar-refractivity contribution is -0.134. The molecule has 4 N–H and O–H groups in total. The van der Waals surface area contributed by atoms with Crippen molar-refractivity contribution in [3.05, 3.63) is 58.7 Å². The number of benzene rings is 2. The van der Waals surface area contributed by atoms with Crippen molar-refractivity contribution >= 4 is 24.0 Å². The van der Waals surface area contributed by atoms with E-state index in [4.69, 9.17) is 0 Å². The third kappa shape index (κ3) is 5.26. The average Bonchev–Trinajstić information content (AvgIpc) is 2.84. The van der Waals surface area contributed by atoms with Crippen LogP contribution in [0.5, 0.6) is 23.0 Å². The molecule has 1 aliphatic rings. The molecule has 172 valence electrons. The molecule has 2 amide bonds. The minimum atomic E-state index is -0.544. The van der Waals surface area contributed by atoms with E-state index in [0.29, 0.717) is 11.1 Å². The van der Waals surface area contributed by atoms with Crippen molar-refractivity contribution in [2.24, 2.45) is 0 Å². The largest absolute Gasteiger partial charge is 0.504 e. The lowest BCUT2D eigenvalue weighted by Crippen LogP contribution is -2.51. The number of nitrogens with zero attached hydrogens (tertiary/aromatic N) is 4. The van der Waals surface area contributed by atoms with E-state index in [1.807, 2.05) is 12.1 Å². The fourth-order valence-electron chi connectivity index (χ4n) is 3.33. The summed E-state index contributed by atoms with van der Waals surface area (Å²) < 4.78 is 0. The van der Waals surface area contributed by atoms with Crippen LogP contribution in [-0.2, 0) is 9.59 Å². The van der Waals surface area contributed by atoms with Crippen LogP contribution >= 0.6 is 0 Å². The molecule has 34 heavy (non-hydrogen) atoms. The molecule has 1 fully saturated rings. The van der Waals surface area contributed by atoms with Gasteiger partial charge in [0.2, 0.25) is 0 Å². The van der Waals surface area contributed by atoms with Crippen molar-refractivity contribution in [1.29, 1.82) is 10.5 Å². The number of phenolic OH excluding ortho intramolecular Hbond substituents is 4. The Kier molecular flexibility index (Phi) is 7.04. The molecule has 1 aliphatic heterocycles. The summed E-state index contributed by atoms with van der Waals surface area (Å²) in [5.74, 6) is -2.49. The molecule has 10 heteroatoms. The van der Waals surface area contributed by atoms with Crippen molar-refractivity contribution in [2.45, 2.75) is 0 Å². The van der Waals surface area contributed by atoms with Gasteiger partial charge in [0, 0.05) is 26.2 Å². The minimum absolute atomic E-state index is 0.142. The van der Waals surface area contributed by atoms with Gasteiger partial charge in [0.15, 0.2) is 23.0 Å². The highest BCUT2D eigenvalue weighted by atomic mass is 16.3. The maximum atomic E-state index is 12.8. The van der Waals surface area contributed by atoms with E-state index in [0.717, 1.165) is 0 Å². The van der Waals surface area contributed by atoms with E-state index >= 15 is 0 Å². The van der Waals surface area contributed by atoms with Crippen molar-refractivity contribution in [2.75, 3.05) is 26.2 Å². The minimum Gasteiger partial charge on any atom is -0.504 e. The van der Waals surface area contributed by atoms with Crippen LogP contribution in [0, 0.1) is 22.7 Å². The second-order valence-corrected chi connectivity index (χ2v) is 7.42. The molecule has 0 spiro atoms. The summed E-state index contributed by atoms with van der Waals surface area (Å²) >= 11 is 0. The molecule has 1 saturated heterocycles. The van der Waals surface area contributed by atoms with Gasteiger partial charge < -0.3 is 30.2 Å². The first-order valence-electron chi connectivity index (χ1n) is 10.1. The molecule has 1 heterocycles. The second kappa shape index (κ2) is 10.1. The van der Waals surface area contributed by atoms with Crippen molar-refractivity contribution < 1.29 is 30.0 Å². The van der Waals surface area contributed by atoms with Crippen LogP contribution in [0.2, 0.25) is 0 Å². The molecule has 0 aliphatic carbocycles. The monoisotopic (exact) mass is 460 g/mol. The molecule has 0 bridgehead atoms. The summed E-state index contributed by atoms with van der Waals surface area (Å²) in [6.45, 7) is 0.568. The number of amides is 2. The van der Waals surface area contributed by atoms with Gasteiger partial charge in [-0.15, -0.1) is 0 Å². The normalized spacial score (nSPS) is 14.3. The first-order valence-corrected chi connectivity index (χ1v) is 10.1. The van der Waals surface area contributed by atoms with Crippen LogP contribution in [-0.4, -0.2) is 68.2 Å². The second-order valence-electron chi connectivity index (χ2n) is 7.42. The average molecular weight is 460 g/mol. The third-order valence-electron chi connectivity index (χ3n) is 5.18. The molecular formula is C24H20N4O6. The number of carbonyl (C=O) groups is 2. The molecule has 2 aromatic carbocycles. The van der Waals surface area contributed by atoms with Crippen LogP contribution in [0.1, 0.15) is 11.1 Å². The highest BCUT2D eigenvalue weighted by Crippen LogP contribution is 2.27. The summed E-state index contributed by atoms with van der Waals surface area (Å²) in [6.07, 6.45) is 2.59. The van der Waals surface area contributed by atoms with Gasteiger partial charge in [-0.3, -0.25) is 9.59 Å². The number of nitriles is 2. The Morgan fingerprint density at radius 2 is 1.03 bits per heavy atom. The van der Waals surface area contributed by atoms with Gasteiger partial charge in [-0.25, -0.2) is 0 Å². The summed E-state index contributed by atoms with van der Waals surface area (Å²) in [7, 11) is 0. The van der Waals surface area contributed by atoms with Crippen LogP contribution < -0.4 is 0 Å². The number of hydrogen-bond acceptors (Lipinski definition) is 8. The van der Waals surface area contributed by atoms with E-state index in [9.17, 15) is 40.5 Å². The Labute approximate surface area is 194 Å². The lowest BCUT2D eigenvalue weighted by Gasteiger charge is -2.34. The molecule has 3 rings (SSSR count). The number of rotatable bonds is 4. The van der Waals surface area contributed by atoms with Crippen molar-refractivity contribution in [1.82, 2.24) is 9.80 Å². The van der Waals surface area contributed by atoms with Crippen molar-refractivity contribution in [3.63, 3.8) is 0 Å². The van der Waals surface area contributed by atoms with Gasteiger partial charge in [-0.05, 0) is 47.5 Å². The van der Waals surface area contributed by atoms with Crippen LogP contribution in [0.15, 0.2) is 47.5 Å². The van der Waals surface area contributed by atoms with Gasteiger partial charge >= 0.3 is 0 Å². The molecule has 10 nitrogen and oxygen atoms in total. The lowest BCUT2D eigenvalue weighted by atomic mass is 10.1. The Morgan fingerprint density at radius 3 is 1.32 bits per heavy atom. The molecule has 0 radical (unpaired) electrons. The Bertz CT molecular complexity index is 1180. The summed E-state index contributed by atoms with van der Waals surface area (Å²) in [5, 5.41) is 56.8. The van der Waals surface area contributed by atoms with Gasteiger partial charge in [0.25, 0.3) is 11.8 Å². The van der Waals surface area contributed by atoms with E-state index in [1.54, 1.807) is 0 Å². The van der Waals surface area contributed by atoms with Crippen LogP contribution in [0.25, 0.3) is 12.2 Å². The predicted molar refractivity (Wildman–Crippen MR) is 120 cm³/mol. The Balaban J connectivity index is 1.68. The summed E-state index contributed by atoms with van der Waals surface area (Å²) in [4.78, 5) is 28.3. The molecule has 0 unspecified atom stereocenters. The predicted octanol–water partition coefficient (Wildman–Crippen LogP) is 1.69. The van der Waals surface area contributed by atoms with Gasteiger partial charge in [0.05, 0.1) is 0 Å². The van der Waals surface area contributed by atoms with Crippen LogP contribution in [0.3, 0.4) is 0 Å². The summed E-state index contributed by atoms with van der Waals surface area (Å²) in [5.41, 5.74) is 0.375. The molecular weight excluding hydrogens is 440 g/mol. The molecule has 0 aromatic heterocycles. The number of aromatic hydroxyl groups is 4. The first-order chi connectivity index (χ1) is 16.2. The fraction of sp³-hybridized carbons (Fsp3) is 0.167. The zero-order valence-corrected chi connectivity index (χ0v) is 17.8. The number of hydrogen-bond donors (Lipinski definition) is 4. The van der Waals surface area contributed by atoms with Gasteiger partial charge in [-0.2, -0.15) is 10.5 Å². The first kappa shape index (κ1) is 23.7. The van der Waals surface area contributed by atoms with E-state index < -0.39 is 11.8 Å². The van der Waals surface area contributed by atoms with E-state index in [-0.39, 0.29) is 60.3 Å². The zero-order valence-electron chi connectivity index (χ0n) is 17.8. The maximum Gasteiger partial charge on any atom is 0.264 e. The number of piperazine rings is 1. The SMILES string of the molecule is N#CC(=Cc1ccc(O)c(O)c1)C(=O)N1CCN(C(=O)C(C#N)=Cc2ccc(O)c(O)c2)CC1.